The van der Waals surface area contributed by atoms with Crippen LogP contribution in [0.25, 0.3) is 0 Å². The monoisotopic (exact) mass is 242 g/mol. The molecule has 102 valence electrons. The van der Waals surface area contributed by atoms with E-state index >= 15 is 0 Å². The highest BCUT2D eigenvalue weighted by atomic mass is 16.5. The Hall–Kier alpha value is -0.0800. The minimum Gasteiger partial charge on any atom is -0.390 e. The van der Waals surface area contributed by atoms with Crippen LogP contribution in [0.1, 0.15) is 71.1 Å². The van der Waals surface area contributed by atoms with E-state index in [1.54, 1.807) is 7.11 Å². The van der Waals surface area contributed by atoms with Gasteiger partial charge in [-0.3, -0.25) is 0 Å². The van der Waals surface area contributed by atoms with Gasteiger partial charge < -0.3 is 9.84 Å². The number of methoxy groups -OCH3 is 1. The minimum absolute atomic E-state index is 0.107. The Bertz CT molecular complexity index is 178. The lowest BCUT2D eigenvalue weighted by molar-refractivity contribution is -0.0288. The van der Waals surface area contributed by atoms with Gasteiger partial charge in [-0.15, -0.1) is 0 Å². The van der Waals surface area contributed by atoms with Gasteiger partial charge in [0.05, 0.1) is 12.2 Å². The van der Waals surface area contributed by atoms with Crippen molar-refractivity contribution >= 4 is 0 Å². The maximum Gasteiger partial charge on any atom is 0.0858 e. The molecular weight excluding hydrogens is 212 g/mol. The van der Waals surface area contributed by atoms with Gasteiger partial charge in [-0.2, -0.15) is 0 Å². The number of rotatable bonds is 11. The first-order valence-corrected chi connectivity index (χ1v) is 7.50. The van der Waals surface area contributed by atoms with Gasteiger partial charge in [0.2, 0.25) is 0 Å². The Labute approximate surface area is 107 Å². The second-order valence-electron chi connectivity index (χ2n) is 5.52. The fraction of sp³-hybridized carbons (Fsp3) is 1.00. The molecule has 0 spiro atoms. The van der Waals surface area contributed by atoms with Gasteiger partial charge in [0.15, 0.2) is 0 Å². The van der Waals surface area contributed by atoms with Gasteiger partial charge in [-0.1, -0.05) is 51.9 Å². The predicted octanol–water partition coefficient (Wildman–Crippen LogP) is 3.91. The summed E-state index contributed by atoms with van der Waals surface area (Å²) >= 11 is 0. The topological polar surface area (TPSA) is 29.5 Å². The Morgan fingerprint density at radius 2 is 1.65 bits per heavy atom. The lowest BCUT2D eigenvalue weighted by Gasteiger charge is -2.21. The van der Waals surface area contributed by atoms with E-state index in [1.807, 2.05) is 0 Å². The SMILES string of the molecule is CCCCCCCCCC(O)C(OC)C1CC1. The molecule has 1 fully saturated rings. The summed E-state index contributed by atoms with van der Waals surface area (Å²) in [7, 11) is 1.73. The summed E-state index contributed by atoms with van der Waals surface area (Å²) in [5.41, 5.74) is 0. The zero-order chi connectivity index (χ0) is 12.5. The number of ether oxygens (including phenoxy) is 1. The van der Waals surface area contributed by atoms with E-state index in [0.29, 0.717) is 5.92 Å². The van der Waals surface area contributed by atoms with Crippen molar-refractivity contribution < 1.29 is 9.84 Å². The summed E-state index contributed by atoms with van der Waals surface area (Å²) in [6, 6.07) is 0. The summed E-state index contributed by atoms with van der Waals surface area (Å²) in [6.45, 7) is 2.25. The van der Waals surface area contributed by atoms with Crippen LogP contribution in [0.4, 0.5) is 0 Å². The molecule has 2 nitrogen and oxygen atoms in total. The first kappa shape index (κ1) is 15.0. The van der Waals surface area contributed by atoms with Gasteiger partial charge in [-0.25, -0.2) is 0 Å². The Balaban J connectivity index is 1.94. The first-order chi connectivity index (χ1) is 8.29. The first-order valence-electron chi connectivity index (χ1n) is 7.50. The molecule has 0 amide bonds. The van der Waals surface area contributed by atoms with Crippen LogP contribution in [-0.4, -0.2) is 24.4 Å². The quantitative estimate of drug-likeness (QED) is 0.557. The molecule has 1 aliphatic rings. The maximum atomic E-state index is 10.0. The standard InChI is InChI=1S/C15H30O2/c1-3-4-5-6-7-8-9-10-14(16)15(17-2)13-11-12-13/h13-16H,3-12H2,1-2H3. The zero-order valence-corrected chi connectivity index (χ0v) is 11.7. The van der Waals surface area contributed by atoms with E-state index in [2.05, 4.69) is 6.92 Å². The van der Waals surface area contributed by atoms with Crippen LogP contribution >= 0.6 is 0 Å². The van der Waals surface area contributed by atoms with Crippen LogP contribution in [-0.2, 0) is 4.74 Å². The van der Waals surface area contributed by atoms with E-state index < -0.39 is 0 Å². The van der Waals surface area contributed by atoms with E-state index in [1.165, 1.54) is 51.4 Å². The van der Waals surface area contributed by atoms with Crippen LogP contribution in [0.3, 0.4) is 0 Å². The van der Waals surface area contributed by atoms with Gasteiger partial charge in [0.25, 0.3) is 0 Å². The molecule has 1 rings (SSSR count). The molecule has 1 saturated carbocycles. The van der Waals surface area contributed by atoms with E-state index in [9.17, 15) is 5.11 Å². The number of aliphatic hydroxyl groups is 1. The van der Waals surface area contributed by atoms with E-state index in [-0.39, 0.29) is 12.2 Å². The number of unbranched alkanes of at least 4 members (excludes halogenated alkanes) is 6. The van der Waals surface area contributed by atoms with Crippen LogP contribution in [0.5, 0.6) is 0 Å². The van der Waals surface area contributed by atoms with Crippen molar-refractivity contribution in [1.82, 2.24) is 0 Å². The molecule has 2 atom stereocenters. The second-order valence-corrected chi connectivity index (χ2v) is 5.52. The third-order valence-electron chi connectivity index (χ3n) is 3.84. The fourth-order valence-corrected chi connectivity index (χ4v) is 2.56. The largest absolute Gasteiger partial charge is 0.390 e. The highest BCUT2D eigenvalue weighted by Crippen LogP contribution is 2.36. The molecule has 0 heterocycles. The van der Waals surface area contributed by atoms with Crippen molar-refractivity contribution in [3.8, 4) is 0 Å². The summed E-state index contributed by atoms with van der Waals surface area (Å²) < 4.78 is 5.40. The third kappa shape index (κ3) is 6.42. The van der Waals surface area contributed by atoms with Crippen LogP contribution in [0.15, 0.2) is 0 Å². The fourth-order valence-electron chi connectivity index (χ4n) is 2.56. The summed E-state index contributed by atoms with van der Waals surface area (Å²) in [5.74, 6) is 0.638. The van der Waals surface area contributed by atoms with E-state index in [0.717, 1.165) is 12.8 Å². The molecule has 0 aromatic heterocycles. The average Bonchev–Trinajstić information content (AvgIpc) is 3.13. The Kier molecular flexibility index (Phi) is 7.87. The molecule has 0 aromatic rings. The molecule has 17 heavy (non-hydrogen) atoms. The Morgan fingerprint density at radius 1 is 1.06 bits per heavy atom. The molecule has 1 aliphatic carbocycles. The van der Waals surface area contributed by atoms with Crippen molar-refractivity contribution in [3.63, 3.8) is 0 Å². The van der Waals surface area contributed by atoms with Crippen molar-refractivity contribution in [2.75, 3.05) is 7.11 Å². The molecule has 0 bridgehead atoms. The summed E-state index contributed by atoms with van der Waals surface area (Å²) in [6.07, 6.45) is 12.4. The second kappa shape index (κ2) is 8.93. The van der Waals surface area contributed by atoms with Gasteiger partial charge >= 0.3 is 0 Å². The van der Waals surface area contributed by atoms with Crippen molar-refractivity contribution in [1.29, 1.82) is 0 Å². The lowest BCUT2D eigenvalue weighted by atomic mass is 10.0. The summed E-state index contributed by atoms with van der Waals surface area (Å²) in [4.78, 5) is 0. The van der Waals surface area contributed by atoms with Crippen LogP contribution in [0, 0.1) is 5.92 Å². The molecule has 0 saturated heterocycles. The van der Waals surface area contributed by atoms with Crippen molar-refractivity contribution in [2.45, 2.75) is 83.3 Å². The predicted molar refractivity (Wildman–Crippen MR) is 72.1 cm³/mol. The smallest absolute Gasteiger partial charge is 0.0858 e. The number of hydrogen-bond acceptors (Lipinski definition) is 2. The minimum atomic E-state index is -0.233. The van der Waals surface area contributed by atoms with Gasteiger partial charge in [-0.05, 0) is 25.2 Å². The lowest BCUT2D eigenvalue weighted by Crippen LogP contribution is -2.29. The average molecular weight is 242 g/mol. The molecule has 2 heteroatoms. The highest BCUT2D eigenvalue weighted by Gasteiger charge is 2.35. The molecule has 2 unspecified atom stereocenters. The molecule has 0 radical (unpaired) electrons. The molecule has 0 aliphatic heterocycles. The normalized spacial score (nSPS) is 19.2. The van der Waals surface area contributed by atoms with Crippen molar-refractivity contribution in [3.05, 3.63) is 0 Å². The third-order valence-corrected chi connectivity index (χ3v) is 3.84. The van der Waals surface area contributed by atoms with Crippen molar-refractivity contribution in [2.24, 2.45) is 5.92 Å². The Morgan fingerprint density at radius 3 is 2.18 bits per heavy atom. The molecular formula is C15H30O2. The van der Waals surface area contributed by atoms with E-state index in [4.69, 9.17) is 4.74 Å². The van der Waals surface area contributed by atoms with Crippen LogP contribution in [0.2, 0.25) is 0 Å². The van der Waals surface area contributed by atoms with Gasteiger partial charge in [0.1, 0.15) is 0 Å². The van der Waals surface area contributed by atoms with Gasteiger partial charge in [0, 0.05) is 7.11 Å². The number of hydrogen-bond donors (Lipinski definition) is 1. The number of aliphatic hydroxyl groups excluding tert-OH is 1. The molecule has 0 aromatic carbocycles. The zero-order valence-electron chi connectivity index (χ0n) is 11.7. The van der Waals surface area contributed by atoms with Crippen LogP contribution < -0.4 is 0 Å². The molecule has 1 N–H and O–H groups in total. The highest BCUT2D eigenvalue weighted by molar-refractivity contribution is 4.86. The summed E-state index contributed by atoms with van der Waals surface area (Å²) in [5, 5.41) is 10.0. The maximum absolute atomic E-state index is 10.0.